The highest BCUT2D eigenvalue weighted by molar-refractivity contribution is 5.80. The zero-order chi connectivity index (χ0) is 18.6. The van der Waals surface area contributed by atoms with Gasteiger partial charge in [0.05, 0.1) is 5.69 Å². The van der Waals surface area contributed by atoms with Crippen LogP contribution in [-0.2, 0) is 6.54 Å². The molecule has 3 aromatic rings. The van der Waals surface area contributed by atoms with Crippen molar-refractivity contribution < 1.29 is 0 Å². The van der Waals surface area contributed by atoms with Crippen molar-refractivity contribution in [1.29, 1.82) is 0 Å². The van der Waals surface area contributed by atoms with Gasteiger partial charge in [0.1, 0.15) is 0 Å². The van der Waals surface area contributed by atoms with Gasteiger partial charge in [0, 0.05) is 23.7 Å². The molecule has 1 aromatic heterocycles. The molecule has 0 saturated heterocycles. The van der Waals surface area contributed by atoms with E-state index in [2.05, 4.69) is 43.3 Å². The Morgan fingerprint density at radius 3 is 2.33 bits per heavy atom. The van der Waals surface area contributed by atoms with Crippen molar-refractivity contribution in [2.75, 3.05) is 0 Å². The molecule has 0 bridgehead atoms. The van der Waals surface area contributed by atoms with Crippen LogP contribution in [0.2, 0.25) is 0 Å². The molecule has 1 saturated carbocycles. The van der Waals surface area contributed by atoms with Crippen LogP contribution in [0.5, 0.6) is 0 Å². The van der Waals surface area contributed by atoms with Crippen LogP contribution >= 0.6 is 0 Å². The van der Waals surface area contributed by atoms with E-state index in [0.29, 0.717) is 5.92 Å². The Labute approximate surface area is 160 Å². The van der Waals surface area contributed by atoms with Crippen molar-refractivity contribution in [2.45, 2.75) is 45.6 Å². The second-order valence-corrected chi connectivity index (χ2v) is 7.66. The van der Waals surface area contributed by atoms with E-state index in [1.54, 1.807) is 10.7 Å². The van der Waals surface area contributed by atoms with Gasteiger partial charge in [-0.15, -0.1) is 0 Å². The fourth-order valence-corrected chi connectivity index (χ4v) is 4.00. The monoisotopic (exact) mass is 358 g/mol. The lowest BCUT2D eigenvalue weighted by atomic mass is 9.89. The van der Waals surface area contributed by atoms with Crippen LogP contribution in [0.4, 0.5) is 0 Å². The lowest BCUT2D eigenvalue weighted by Gasteiger charge is -2.22. The molecule has 0 aliphatic heterocycles. The molecule has 27 heavy (non-hydrogen) atoms. The van der Waals surface area contributed by atoms with Crippen LogP contribution in [0.1, 0.15) is 37.7 Å². The quantitative estimate of drug-likeness (QED) is 0.620. The number of nitrogens with zero attached hydrogens (tertiary/aromatic N) is 2. The fourth-order valence-electron chi connectivity index (χ4n) is 4.00. The molecular formula is C24H26N2O. The van der Waals surface area contributed by atoms with E-state index in [0.717, 1.165) is 28.9 Å². The maximum absolute atomic E-state index is 12.8. The standard InChI is InChI=1S/C24H26N2O/c1-18-12-14-20(15-13-18)22-16-23(27)26(17-19-8-4-2-5-9-19)25-24(22)21-10-6-3-7-11-21/h3,6-7,10-16,19H,2,4-5,8-9,17H2,1H3. The Bertz CT molecular complexity index is 952. The fraction of sp³-hybridized carbons (Fsp3) is 0.333. The van der Waals surface area contributed by atoms with E-state index in [-0.39, 0.29) is 5.56 Å². The minimum Gasteiger partial charge on any atom is -0.268 e. The van der Waals surface area contributed by atoms with Crippen LogP contribution < -0.4 is 5.56 Å². The summed E-state index contributed by atoms with van der Waals surface area (Å²) in [5.41, 5.74) is 5.08. The summed E-state index contributed by atoms with van der Waals surface area (Å²) in [6.07, 6.45) is 6.27. The first-order chi connectivity index (χ1) is 13.2. The average Bonchev–Trinajstić information content (AvgIpc) is 2.71. The van der Waals surface area contributed by atoms with Crippen LogP contribution in [-0.4, -0.2) is 9.78 Å². The minimum atomic E-state index is -0.00386. The number of rotatable bonds is 4. The summed E-state index contributed by atoms with van der Waals surface area (Å²) in [5, 5.41) is 4.84. The van der Waals surface area contributed by atoms with Gasteiger partial charge in [-0.05, 0) is 31.2 Å². The average molecular weight is 358 g/mol. The van der Waals surface area contributed by atoms with Crippen molar-refractivity contribution in [3.8, 4) is 22.4 Å². The SMILES string of the molecule is Cc1ccc(-c2cc(=O)n(CC3CCCCC3)nc2-c2ccccc2)cc1. The Morgan fingerprint density at radius 2 is 1.63 bits per heavy atom. The first-order valence-electron chi connectivity index (χ1n) is 9.95. The zero-order valence-corrected chi connectivity index (χ0v) is 15.9. The molecule has 1 heterocycles. The Kier molecular flexibility index (Phi) is 5.19. The number of hydrogen-bond donors (Lipinski definition) is 0. The molecule has 0 spiro atoms. The Morgan fingerprint density at radius 1 is 0.926 bits per heavy atom. The molecule has 2 aromatic carbocycles. The summed E-state index contributed by atoms with van der Waals surface area (Å²) < 4.78 is 1.69. The molecule has 4 rings (SSSR count). The highest BCUT2D eigenvalue weighted by atomic mass is 16.1. The summed E-state index contributed by atoms with van der Waals surface area (Å²) in [4.78, 5) is 12.8. The summed E-state index contributed by atoms with van der Waals surface area (Å²) in [5.74, 6) is 0.567. The molecule has 3 heteroatoms. The molecule has 0 radical (unpaired) electrons. The first-order valence-corrected chi connectivity index (χ1v) is 9.95. The Hall–Kier alpha value is -2.68. The van der Waals surface area contributed by atoms with E-state index < -0.39 is 0 Å². The van der Waals surface area contributed by atoms with Gasteiger partial charge < -0.3 is 0 Å². The highest BCUT2D eigenvalue weighted by Gasteiger charge is 2.18. The third kappa shape index (κ3) is 4.02. The lowest BCUT2D eigenvalue weighted by molar-refractivity contribution is 0.303. The lowest BCUT2D eigenvalue weighted by Crippen LogP contribution is -2.27. The first kappa shape index (κ1) is 17.7. The highest BCUT2D eigenvalue weighted by Crippen LogP contribution is 2.30. The van der Waals surface area contributed by atoms with Gasteiger partial charge >= 0.3 is 0 Å². The molecule has 1 aliphatic carbocycles. The van der Waals surface area contributed by atoms with Crippen LogP contribution in [0.25, 0.3) is 22.4 Å². The summed E-state index contributed by atoms with van der Waals surface area (Å²) in [6, 6.07) is 20.3. The van der Waals surface area contributed by atoms with Crippen molar-refractivity contribution in [1.82, 2.24) is 9.78 Å². The van der Waals surface area contributed by atoms with Gasteiger partial charge in [0.15, 0.2) is 0 Å². The second kappa shape index (κ2) is 7.91. The van der Waals surface area contributed by atoms with Gasteiger partial charge in [-0.3, -0.25) is 4.79 Å². The molecule has 1 fully saturated rings. The molecule has 3 nitrogen and oxygen atoms in total. The van der Waals surface area contributed by atoms with E-state index >= 15 is 0 Å². The Balaban J connectivity index is 1.79. The van der Waals surface area contributed by atoms with E-state index in [1.807, 2.05) is 18.2 Å². The molecule has 0 unspecified atom stereocenters. The maximum atomic E-state index is 12.8. The predicted octanol–water partition coefficient (Wildman–Crippen LogP) is 5.47. The number of benzene rings is 2. The maximum Gasteiger partial charge on any atom is 0.267 e. The normalized spacial score (nSPS) is 15.0. The van der Waals surface area contributed by atoms with Crippen molar-refractivity contribution in [2.24, 2.45) is 5.92 Å². The summed E-state index contributed by atoms with van der Waals surface area (Å²) in [6.45, 7) is 2.80. The molecule has 0 atom stereocenters. The topological polar surface area (TPSA) is 34.9 Å². The van der Waals surface area contributed by atoms with Gasteiger partial charge in [-0.1, -0.05) is 79.4 Å². The van der Waals surface area contributed by atoms with Gasteiger partial charge in [0.2, 0.25) is 0 Å². The van der Waals surface area contributed by atoms with Crippen molar-refractivity contribution in [3.05, 3.63) is 76.6 Å². The van der Waals surface area contributed by atoms with Gasteiger partial charge in [-0.25, -0.2) is 4.68 Å². The summed E-state index contributed by atoms with van der Waals surface area (Å²) in [7, 11) is 0. The molecular weight excluding hydrogens is 332 g/mol. The van der Waals surface area contributed by atoms with Crippen LogP contribution in [0.15, 0.2) is 65.5 Å². The minimum absolute atomic E-state index is 0.00386. The van der Waals surface area contributed by atoms with Crippen LogP contribution in [0, 0.1) is 12.8 Å². The largest absolute Gasteiger partial charge is 0.268 e. The van der Waals surface area contributed by atoms with E-state index in [9.17, 15) is 4.79 Å². The third-order valence-corrected chi connectivity index (χ3v) is 5.56. The molecule has 1 aliphatic rings. The van der Waals surface area contributed by atoms with Gasteiger partial charge in [0.25, 0.3) is 5.56 Å². The molecule has 0 amide bonds. The molecule has 0 N–H and O–H groups in total. The van der Waals surface area contributed by atoms with Gasteiger partial charge in [-0.2, -0.15) is 5.10 Å². The third-order valence-electron chi connectivity index (χ3n) is 5.56. The number of aromatic nitrogens is 2. The van der Waals surface area contributed by atoms with Crippen molar-refractivity contribution in [3.63, 3.8) is 0 Å². The zero-order valence-electron chi connectivity index (χ0n) is 15.9. The summed E-state index contributed by atoms with van der Waals surface area (Å²) >= 11 is 0. The number of aryl methyl sites for hydroxylation is 1. The molecule has 138 valence electrons. The van der Waals surface area contributed by atoms with E-state index in [4.69, 9.17) is 5.10 Å². The van der Waals surface area contributed by atoms with Crippen LogP contribution in [0.3, 0.4) is 0 Å². The van der Waals surface area contributed by atoms with Crippen molar-refractivity contribution >= 4 is 0 Å². The number of hydrogen-bond acceptors (Lipinski definition) is 2. The second-order valence-electron chi connectivity index (χ2n) is 7.66. The smallest absolute Gasteiger partial charge is 0.267 e. The predicted molar refractivity (Wildman–Crippen MR) is 111 cm³/mol. The van der Waals surface area contributed by atoms with E-state index in [1.165, 1.54) is 37.7 Å².